The Balaban J connectivity index is 1.81. The highest BCUT2D eigenvalue weighted by molar-refractivity contribution is 7.86. The number of carbonyl (C=O) groups is 1. The van der Waals surface area contributed by atoms with Crippen LogP contribution in [0.5, 0.6) is 0 Å². The minimum absolute atomic E-state index is 0.0349. The van der Waals surface area contributed by atoms with Gasteiger partial charge in [-0.1, -0.05) is 17.7 Å². The molecule has 0 heterocycles. The van der Waals surface area contributed by atoms with E-state index in [0.29, 0.717) is 12.8 Å². The van der Waals surface area contributed by atoms with Gasteiger partial charge in [-0.2, -0.15) is 8.42 Å². The Morgan fingerprint density at radius 1 is 1.16 bits per heavy atom. The Morgan fingerprint density at radius 2 is 1.80 bits per heavy atom. The minimum Gasteiger partial charge on any atom is -0.431 e. The summed E-state index contributed by atoms with van der Waals surface area (Å²) < 4.78 is 40.0. The summed E-state index contributed by atoms with van der Waals surface area (Å²) in [5.74, 6) is 0.0349. The fourth-order valence-corrected chi connectivity index (χ4v) is 3.63. The zero-order chi connectivity index (χ0) is 18.7. The number of aryl methyl sites for hydroxylation is 1. The van der Waals surface area contributed by atoms with Gasteiger partial charge in [0.05, 0.1) is 11.5 Å². The van der Waals surface area contributed by atoms with Gasteiger partial charge in [0.25, 0.3) is 10.1 Å². The normalized spacial score (nSPS) is 21.1. The number of rotatable bonds is 5. The standard InChI is InChI=1S/C18H26O6S/c1-13-5-9-16(10-6-13)25(20,21)22-12-14-7-8-15(11-14)23-17(19)24-18(2,3)4/h5-6,9-10,14-15H,7-8,11-12H2,1-4H3/t14-,15+/m0/s1. The highest BCUT2D eigenvalue weighted by Crippen LogP contribution is 2.29. The van der Waals surface area contributed by atoms with E-state index < -0.39 is 21.9 Å². The van der Waals surface area contributed by atoms with Gasteiger partial charge in [0.1, 0.15) is 11.7 Å². The minimum atomic E-state index is -3.76. The third-order valence-electron chi connectivity index (χ3n) is 3.91. The van der Waals surface area contributed by atoms with Crippen LogP contribution in [0.3, 0.4) is 0 Å². The Labute approximate surface area is 149 Å². The lowest BCUT2D eigenvalue weighted by molar-refractivity contribution is -0.0262. The van der Waals surface area contributed by atoms with Gasteiger partial charge in [-0.25, -0.2) is 4.79 Å². The fourth-order valence-electron chi connectivity index (χ4n) is 2.66. The number of benzene rings is 1. The third kappa shape index (κ3) is 6.32. The predicted octanol–water partition coefficient (Wildman–Crippen LogP) is 3.82. The van der Waals surface area contributed by atoms with Crippen molar-refractivity contribution in [2.24, 2.45) is 5.92 Å². The van der Waals surface area contributed by atoms with E-state index in [9.17, 15) is 13.2 Å². The molecule has 6 nitrogen and oxygen atoms in total. The maximum Gasteiger partial charge on any atom is 0.509 e. The van der Waals surface area contributed by atoms with Gasteiger partial charge in [-0.3, -0.25) is 4.18 Å². The number of carbonyl (C=O) groups excluding carboxylic acids is 1. The molecule has 0 aliphatic heterocycles. The molecule has 0 aromatic heterocycles. The fraction of sp³-hybridized carbons (Fsp3) is 0.611. The van der Waals surface area contributed by atoms with E-state index in [1.54, 1.807) is 32.9 Å². The van der Waals surface area contributed by atoms with Gasteiger partial charge in [0, 0.05) is 0 Å². The van der Waals surface area contributed by atoms with Crippen molar-refractivity contribution in [1.29, 1.82) is 0 Å². The average molecular weight is 370 g/mol. The Hall–Kier alpha value is -1.60. The molecule has 2 atom stereocenters. The zero-order valence-corrected chi connectivity index (χ0v) is 16.0. The van der Waals surface area contributed by atoms with Crippen molar-refractivity contribution in [2.75, 3.05) is 6.61 Å². The van der Waals surface area contributed by atoms with Crippen molar-refractivity contribution in [3.63, 3.8) is 0 Å². The van der Waals surface area contributed by atoms with Gasteiger partial charge in [-0.05, 0) is 65.0 Å². The van der Waals surface area contributed by atoms with Gasteiger partial charge in [-0.15, -0.1) is 0 Å². The van der Waals surface area contributed by atoms with Crippen LogP contribution in [0.25, 0.3) is 0 Å². The van der Waals surface area contributed by atoms with Crippen molar-refractivity contribution in [2.45, 2.75) is 63.6 Å². The lowest BCUT2D eigenvalue weighted by atomic mass is 10.1. The van der Waals surface area contributed by atoms with Gasteiger partial charge >= 0.3 is 6.16 Å². The first-order valence-electron chi connectivity index (χ1n) is 8.41. The van der Waals surface area contributed by atoms with E-state index in [1.807, 2.05) is 6.92 Å². The second-order valence-electron chi connectivity index (χ2n) is 7.44. The molecule has 7 heteroatoms. The summed E-state index contributed by atoms with van der Waals surface area (Å²) in [5, 5.41) is 0. The van der Waals surface area contributed by atoms with Gasteiger partial charge in [0.15, 0.2) is 0 Å². The van der Waals surface area contributed by atoms with E-state index in [0.717, 1.165) is 12.0 Å². The second-order valence-corrected chi connectivity index (χ2v) is 9.05. The molecule has 1 aromatic rings. The summed E-state index contributed by atoms with van der Waals surface area (Å²) in [4.78, 5) is 11.8. The monoisotopic (exact) mass is 370 g/mol. The number of hydrogen-bond donors (Lipinski definition) is 0. The summed E-state index contributed by atoms with van der Waals surface area (Å²) in [7, 11) is -3.76. The van der Waals surface area contributed by atoms with Crippen molar-refractivity contribution in [3.05, 3.63) is 29.8 Å². The Kier molecular flexibility index (Phi) is 6.11. The van der Waals surface area contributed by atoms with Crippen LogP contribution in [0.15, 0.2) is 29.2 Å². The Morgan fingerprint density at radius 3 is 2.40 bits per heavy atom. The summed E-state index contributed by atoms with van der Waals surface area (Å²) in [5.41, 5.74) is 0.386. The van der Waals surface area contributed by atoms with Crippen molar-refractivity contribution in [3.8, 4) is 0 Å². The lowest BCUT2D eigenvalue weighted by Crippen LogP contribution is -2.27. The molecule has 2 rings (SSSR count). The number of ether oxygens (including phenoxy) is 2. The third-order valence-corrected chi connectivity index (χ3v) is 5.21. The molecule has 1 aliphatic carbocycles. The summed E-state index contributed by atoms with van der Waals surface area (Å²) in [6, 6.07) is 6.54. The molecular weight excluding hydrogens is 344 g/mol. The highest BCUT2D eigenvalue weighted by Gasteiger charge is 2.31. The second kappa shape index (κ2) is 7.74. The molecule has 0 spiro atoms. The molecule has 1 fully saturated rings. The molecule has 0 unspecified atom stereocenters. The molecule has 25 heavy (non-hydrogen) atoms. The smallest absolute Gasteiger partial charge is 0.431 e. The molecule has 0 amide bonds. The first-order valence-corrected chi connectivity index (χ1v) is 9.82. The molecule has 1 aliphatic rings. The molecule has 0 bridgehead atoms. The van der Waals surface area contributed by atoms with Gasteiger partial charge < -0.3 is 9.47 Å². The maximum atomic E-state index is 12.2. The predicted molar refractivity (Wildman–Crippen MR) is 92.8 cm³/mol. The van der Waals surface area contributed by atoms with Crippen LogP contribution in [0.4, 0.5) is 4.79 Å². The molecular formula is C18H26O6S. The molecule has 1 saturated carbocycles. The maximum absolute atomic E-state index is 12.2. The van der Waals surface area contributed by atoms with Crippen molar-refractivity contribution in [1.82, 2.24) is 0 Å². The molecule has 140 valence electrons. The van der Waals surface area contributed by atoms with Crippen LogP contribution in [-0.2, 0) is 23.8 Å². The summed E-state index contributed by atoms with van der Waals surface area (Å²) >= 11 is 0. The van der Waals surface area contributed by atoms with Crippen molar-refractivity contribution < 1.29 is 26.9 Å². The quantitative estimate of drug-likeness (QED) is 0.579. The summed E-state index contributed by atoms with van der Waals surface area (Å²) in [6.07, 6.45) is 1.05. The van der Waals surface area contributed by atoms with Gasteiger partial charge in [0.2, 0.25) is 0 Å². The van der Waals surface area contributed by atoms with Crippen LogP contribution >= 0.6 is 0 Å². The molecule has 1 aromatic carbocycles. The van der Waals surface area contributed by atoms with Crippen LogP contribution in [0.1, 0.15) is 45.6 Å². The largest absolute Gasteiger partial charge is 0.509 e. The Bertz CT molecular complexity index is 687. The first kappa shape index (κ1) is 19.7. The van der Waals surface area contributed by atoms with Crippen LogP contribution in [-0.4, -0.2) is 32.9 Å². The SMILES string of the molecule is Cc1ccc(S(=O)(=O)OC[C@H]2CC[C@@H](OC(=O)OC(C)(C)C)C2)cc1. The molecule has 0 N–H and O–H groups in total. The van der Waals surface area contributed by atoms with E-state index in [-0.39, 0.29) is 23.5 Å². The van der Waals surface area contributed by atoms with E-state index in [1.165, 1.54) is 12.1 Å². The molecule has 0 saturated heterocycles. The van der Waals surface area contributed by atoms with Crippen LogP contribution in [0, 0.1) is 12.8 Å². The topological polar surface area (TPSA) is 78.9 Å². The number of hydrogen-bond acceptors (Lipinski definition) is 6. The van der Waals surface area contributed by atoms with Crippen molar-refractivity contribution >= 4 is 16.3 Å². The zero-order valence-electron chi connectivity index (χ0n) is 15.2. The van der Waals surface area contributed by atoms with E-state index >= 15 is 0 Å². The van der Waals surface area contributed by atoms with Crippen LogP contribution < -0.4 is 0 Å². The average Bonchev–Trinajstić information content (AvgIpc) is 2.91. The lowest BCUT2D eigenvalue weighted by Gasteiger charge is -2.20. The highest BCUT2D eigenvalue weighted by atomic mass is 32.2. The summed E-state index contributed by atoms with van der Waals surface area (Å²) in [6.45, 7) is 7.30. The molecule has 0 radical (unpaired) electrons. The van der Waals surface area contributed by atoms with E-state index in [4.69, 9.17) is 13.7 Å². The first-order chi connectivity index (χ1) is 11.5. The van der Waals surface area contributed by atoms with Crippen LogP contribution in [0.2, 0.25) is 0 Å². The van der Waals surface area contributed by atoms with E-state index in [2.05, 4.69) is 0 Å².